The van der Waals surface area contributed by atoms with Crippen molar-refractivity contribution in [2.75, 3.05) is 13.2 Å². The Balaban J connectivity index is 3.29. The van der Waals surface area contributed by atoms with Crippen LogP contribution in [0.3, 0.4) is 0 Å². The largest absolute Gasteiger partial charge is 0.508 e. The van der Waals surface area contributed by atoms with E-state index in [0.717, 1.165) is 0 Å². The van der Waals surface area contributed by atoms with Crippen molar-refractivity contribution in [1.29, 1.82) is 0 Å². The van der Waals surface area contributed by atoms with E-state index in [9.17, 15) is 24.6 Å². The number of amides is 3. The highest BCUT2D eigenvalue weighted by Gasteiger charge is 2.35. The Morgan fingerprint density at radius 3 is 2.19 bits per heavy atom. The van der Waals surface area contributed by atoms with Crippen LogP contribution in [0.25, 0.3) is 0 Å². The monoisotopic (exact) mass is 435 g/mol. The second-order valence-corrected chi connectivity index (χ2v) is 8.32. The number of phenols is 1. The topological polar surface area (TPSA) is 128 Å². The summed E-state index contributed by atoms with van der Waals surface area (Å²) in [4.78, 5) is 39.6. The minimum atomic E-state index is -1.33. The molecule has 0 aliphatic carbocycles. The maximum atomic E-state index is 13.3. The van der Waals surface area contributed by atoms with Crippen molar-refractivity contribution in [2.24, 2.45) is 0 Å². The van der Waals surface area contributed by atoms with Crippen LogP contribution in [-0.2, 0) is 14.3 Å². The molecular formula is C22H33N3O6. The number of aromatic hydroxyl groups is 1. The quantitative estimate of drug-likeness (QED) is 0.438. The molecule has 2 unspecified atom stereocenters. The van der Waals surface area contributed by atoms with Gasteiger partial charge in [-0.05, 0) is 52.3 Å². The Morgan fingerprint density at radius 2 is 1.74 bits per heavy atom. The van der Waals surface area contributed by atoms with E-state index >= 15 is 0 Å². The second kappa shape index (κ2) is 11.4. The Bertz CT molecular complexity index is 770. The van der Waals surface area contributed by atoms with Crippen LogP contribution in [0.4, 0.5) is 4.79 Å². The highest BCUT2D eigenvalue weighted by molar-refractivity contribution is 5.92. The van der Waals surface area contributed by atoms with Gasteiger partial charge in [-0.15, -0.1) is 6.58 Å². The lowest BCUT2D eigenvalue weighted by atomic mass is 10.0. The summed E-state index contributed by atoms with van der Waals surface area (Å²) in [6.07, 6.45) is 0.571. The molecule has 1 aromatic carbocycles. The van der Waals surface area contributed by atoms with Crippen molar-refractivity contribution in [3.8, 4) is 5.75 Å². The Kier molecular flexibility index (Phi) is 9.51. The van der Waals surface area contributed by atoms with E-state index in [2.05, 4.69) is 17.2 Å². The number of ether oxygens (including phenoxy) is 1. The predicted octanol–water partition coefficient (Wildman–Crippen LogP) is 1.86. The maximum absolute atomic E-state index is 13.3. The Labute approximate surface area is 183 Å². The number of hydrogen-bond acceptors (Lipinski definition) is 6. The zero-order chi connectivity index (χ0) is 23.8. The third-order valence-electron chi connectivity index (χ3n) is 3.98. The van der Waals surface area contributed by atoms with E-state index in [1.54, 1.807) is 34.6 Å². The summed E-state index contributed by atoms with van der Waals surface area (Å²) in [6.45, 7) is 11.5. The molecule has 0 aliphatic rings. The molecule has 0 spiro atoms. The number of aliphatic hydroxyl groups is 1. The summed E-state index contributed by atoms with van der Waals surface area (Å²) in [5.74, 6) is -1.14. The molecule has 0 saturated carbocycles. The minimum Gasteiger partial charge on any atom is -0.508 e. The van der Waals surface area contributed by atoms with Crippen LogP contribution in [0.2, 0.25) is 0 Å². The van der Waals surface area contributed by atoms with Crippen LogP contribution in [0.15, 0.2) is 36.9 Å². The number of hydrogen-bond donors (Lipinski definition) is 4. The minimum absolute atomic E-state index is 0.00759. The highest BCUT2D eigenvalue weighted by Crippen LogP contribution is 2.24. The van der Waals surface area contributed by atoms with Gasteiger partial charge < -0.3 is 30.5 Å². The first kappa shape index (κ1) is 26.0. The summed E-state index contributed by atoms with van der Waals surface area (Å²) < 4.78 is 5.16. The first-order valence-corrected chi connectivity index (χ1v) is 10.0. The molecular weight excluding hydrogens is 402 g/mol. The van der Waals surface area contributed by atoms with Gasteiger partial charge in [-0.2, -0.15) is 0 Å². The van der Waals surface area contributed by atoms with Gasteiger partial charge in [0.2, 0.25) is 11.8 Å². The van der Waals surface area contributed by atoms with Crippen LogP contribution in [0.1, 0.15) is 46.2 Å². The average molecular weight is 436 g/mol. The molecule has 31 heavy (non-hydrogen) atoms. The van der Waals surface area contributed by atoms with E-state index in [0.29, 0.717) is 5.56 Å². The SMILES string of the molecule is C=CCN(C(=O)C(CO)NC(=O)OC(C)(C)C)C(C(=O)NC(C)C)c1ccc(O)cc1. The third kappa shape index (κ3) is 8.29. The molecule has 4 N–H and O–H groups in total. The van der Waals surface area contributed by atoms with Gasteiger partial charge in [0.05, 0.1) is 6.61 Å². The molecule has 0 saturated heterocycles. The van der Waals surface area contributed by atoms with E-state index in [1.165, 1.54) is 35.2 Å². The summed E-state index contributed by atoms with van der Waals surface area (Å²) in [5, 5.41) is 24.5. The van der Waals surface area contributed by atoms with E-state index < -0.39 is 42.2 Å². The molecule has 1 aromatic rings. The van der Waals surface area contributed by atoms with Gasteiger partial charge in [-0.25, -0.2) is 4.79 Å². The number of nitrogens with one attached hydrogen (secondary N) is 2. The number of aliphatic hydroxyl groups excluding tert-OH is 1. The summed E-state index contributed by atoms with van der Waals surface area (Å²) in [6, 6.07) is 3.26. The first-order valence-electron chi connectivity index (χ1n) is 10.0. The van der Waals surface area contributed by atoms with Crippen LogP contribution in [0, 0.1) is 0 Å². The normalized spacial score (nSPS) is 13.1. The molecule has 0 heterocycles. The number of carbonyl (C=O) groups excluding carboxylic acids is 3. The van der Waals surface area contributed by atoms with E-state index in [-0.39, 0.29) is 18.3 Å². The molecule has 1 rings (SSSR count). The molecule has 0 bridgehead atoms. The molecule has 172 valence electrons. The molecule has 0 radical (unpaired) electrons. The highest BCUT2D eigenvalue weighted by atomic mass is 16.6. The fourth-order valence-corrected chi connectivity index (χ4v) is 2.79. The van der Waals surface area contributed by atoms with Crippen molar-refractivity contribution in [3.05, 3.63) is 42.5 Å². The van der Waals surface area contributed by atoms with Crippen molar-refractivity contribution in [3.63, 3.8) is 0 Å². The van der Waals surface area contributed by atoms with Crippen LogP contribution < -0.4 is 10.6 Å². The third-order valence-corrected chi connectivity index (χ3v) is 3.98. The lowest BCUT2D eigenvalue weighted by Gasteiger charge is -2.33. The summed E-state index contributed by atoms with van der Waals surface area (Å²) in [7, 11) is 0. The lowest BCUT2D eigenvalue weighted by Crippen LogP contribution is -2.54. The van der Waals surface area contributed by atoms with Crippen LogP contribution in [0.5, 0.6) is 5.75 Å². The van der Waals surface area contributed by atoms with Gasteiger partial charge >= 0.3 is 6.09 Å². The number of nitrogens with zero attached hydrogens (tertiary/aromatic N) is 1. The molecule has 3 amide bonds. The number of carbonyl (C=O) groups is 3. The molecule has 0 aromatic heterocycles. The van der Waals surface area contributed by atoms with Crippen molar-refractivity contribution in [1.82, 2.24) is 15.5 Å². The summed E-state index contributed by atoms with van der Waals surface area (Å²) in [5.41, 5.74) is -0.347. The Hall–Kier alpha value is -3.07. The Morgan fingerprint density at radius 1 is 1.16 bits per heavy atom. The van der Waals surface area contributed by atoms with Gasteiger partial charge in [0.25, 0.3) is 0 Å². The van der Waals surface area contributed by atoms with Gasteiger partial charge in [0.15, 0.2) is 0 Å². The zero-order valence-corrected chi connectivity index (χ0v) is 18.7. The smallest absolute Gasteiger partial charge is 0.408 e. The number of phenolic OH excluding ortho intramolecular Hbond substituents is 1. The fraction of sp³-hybridized carbons (Fsp3) is 0.500. The van der Waals surface area contributed by atoms with Crippen molar-refractivity contribution >= 4 is 17.9 Å². The van der Waals surface area contributed by atoms with E-state index in [4.69, 9.17) is 4.74 Å². The summed E-state index contributed by atoms with van der Waals surface area (Å²) >= 11 is 0. The van der Waals surface area contributed by atoms with Crippen LogP contribution >= 0.6 is 0 Å². The standard InChI is InChI=1S/C22H33N3O6/c1-7-12-25(20(29)17(13-26)24-21(30)31-22(4,5)6)18(19(28)23-14(2)3)15-8-10-16(27)11-9-15/h7-11,14,17-18,26-27H,1,12-13H2,2-6H3,(H,23,28)(H,24,30). The number of rotatable bonds is 9. The predicted molar refractivity (Wildman–Crippen MR) is 116 cm³/mol. The molecule has 9 heteroatoms. The molecule has 0 fully saturated rings. The number of benzene rings is 1. The van der Waals surface area contributed by atoms with E-state index in [1.807, 2.05) is 0 Å². The molecule has 2 atom stereocenters. The van der Waals surface area contributed by atoms with Crippen molar-refractivity contribution in [2.45, 2.75) is 58.3 Å². The van der Waals surface area contributed by atoms with Gasteiger partial charge in [-0.1, -0.05) is 18.2 Å². The fourth-order valence-electron chi connectivity index (χ4n) is 2.79. The average Bonchev–Trinajstić information content (AvgIpc) is 2.64. The molecule has 9 nitrogen and oxygen atoms in total. The maximum Gasteiger partial charge on any atom is 0.408 e. The number of alkyl carbamates (subject to hydrolysis) is 1. The van der Waals surface area contributed by atoms with Gasteiger partial charge in [-0.3, -0.25) is 9.59 Å². The van der Waals surface area contributed by atoms with Gasteiger partial charge in [0.1, 0.15) is 23.4 Å². The lowest BCUT2D eigenvalue weighted by molar-refractivity contribution is -0.142. The van der Waals surface area contributed by atoms with Crippen molar-refractivity contribution < 1.29 is 29.3 Å². The molecule has 0 aliphatic heterocycles. The zero-order valence-electron chi connectivity index (χ0n) is 18.7. The van der Waals surface area contributed by atoms with Gasteiger partial charge in [0, 0.05) is 12.6 Å². The van der Waals surface area contributed by atoms with Crippen LogP contribution in [-0.4, -0.2) is 63.9 Å². The second-order valence-electron chi connectivity index (χ2n) is 8.32. The first-order chi connectivity index (χ1) is 14.4.